The van der Waals surface area contributed by atoms with Crippen molar-refractivity contribution in [2.45, 2.75) is 12.6 Å². The minimum absolute atomic E-state index is 0.0110. The molecule has 1 unspecified atom stereocenters. The van der Waals surface area contributed by atoms with E-state index in [-0.39, 0.29) is 6.04 Å². The summed E-state index contributed by atoms with van der Waals surface area (Å²) in [7, 11) is 0. The van der Waals surface area contributed by atoms with Gasteiger partial charge in [-0.2, -0.15) is 0 Å². The number of nitrogens with two attached hydrogens (primary N) is 1. The van der Waals surface area contributed by atoms with Gasteiger partial charge in [-0.3, -0.25) is 0 Å². The van der Waals surface area contributed by atoms with Gasteiger partial charge in [0.05, 0.1) is 6.04 Å². The molecule has 2 aromatic rings. The molecule has 0 saturated heterocycles. The average molecular weight is 241 g/mol. The van der Waals surface area contributed by atoms with Crippen LogP contribution in [0.4, 0.5) is 0 Å². The van der Waals surface area contributed by atoms with Crippen LogP contribution in [-0.2, 0) is 6.61 Å². The van der Waals surface area contributed by atoms with Gasteiger partial charge in [-0.1, -0.05) is 30.3 Å². The van der Waals surface area contributed by atoms with Crippen molar-refractivity contribution < 1.29 is 9.47 Å². The summed E-state index contributed by atoms with van der Waals surface area (Å²) in [5, 5.41) is 0. The number of ether oxygens (including phenoxy) is 2. The minimum Gasteiger partial charge on any atom is -0.491 e. The van der Waals surface area contributed by atoms with Crippen molar-refractivity contribution in [2.24, 2.45) is 5.73 Å². The van der Waals surface area contributed by atoms with Gasteiger partial charge in [-0.05, 0) is 17.7 Å². The Balaban J connectivity index is 1.71. The largest absolute Gasteiger partial charge is 0.491 e. The normalized spacial score (nSPS) is 17.1. The quantitative estimate of drug-likeness (QED) is 0.898. The molecule has 0 saturated carbocycles. The van der Waals surface area contributed by atoms with E-state index >= 15 is 0 Å². The molecule has 3 rings (SSSR count). The minimum atomic E-state index is -0.0110. The first-order valence-corrected chi connectivity index (χ1v) is 6.02. The topological polar surface area (TPSA) is 44.5 Å². The zero-order chi connectivity index (χ0) is 12.4. The molecular formula is C15H15NO2. The Labute approximate surface area is 106 Å². The molecule has 2 aromatic carbocycles. The first-order chi connectivity index (χ1) is 8.83. The standard InChI is InChI=1S/C15H15NO2/c16-14-10-18-15-8-12(6-7-13(14)15)17-9-11-4-2-1-3-5-11/h1-8,14H,9-10,16H2. The summed E-state index contributed by atoms with van der Waals surface area (Å²) in [5.41, 5.74) is 8.10. The van der Waals surface area contributed by atoms with E-state index in [1.165, 1.54) is 0 Å². The zero-order valence-corrected chi connectivity index (χ0v) is 10.0. The lowest BCUT2D eigenvalue weighted by Gasteiger charge is -2.08. The third kappa shape index (κ3) is 2.17. The van der Waals surface area contributed by atoms with Gasteiger partial charge >= 0.3 is 0 Å². The first kappa shape index (κ1) is 11.1. The fourth-order valence-corrected chi connectivity index (χ4v) is 2.05. The van der Waals surface area contributed by atoms with Crippen LogP contribution in [0.2, 0.25) is 0 Å². The lowest BCUT2D eigenvalue weighted by Crippen LogP contribution is -2.10. The molecule has 0 spiro atoms. The fourth-order valence-electron chi connectivity index (χ4n) is 2.05. The van der Waals surface area contributed by atoms with E-state index in [9.17, 15) is 0 Å². The Bertz CT molecular complexity index is 539. The van der Waals surface area contributed by atoms with Gasteiger partial charge < -0.3 is 15.2 Å². The van der Waals surface area contributed by atoms with Crippen LogP contribution in [0.3, 0.4) is 0 Å². The van der Waals surface area contributed by atoms with Crippen molar-refractivity contribution in [3.05, 3.63) is 59.7 Å². The van der Waals surface area contributed by atoms with Gasteiger partial charge in [-0.25, -0.2) is 0 Å². The van der Waals surface area contributed by atoms with Crippen LogP contribution in [0.1, 0.15) is 17.2 Å². The van der Waals surface area contributed by atoms with Crippen LogP contribution >= 0.6 is 0 Å². The molecular weight excluding hydrogens is 226 g/mol. The number of hydrogen-bond acceptors (Lipinski definition) is 3. The molecule has 0 fully saturated rings. The lowest BCUT2D eigenvalue weighted by atomic mass is 10.1. The van der Waals surface area contributed by atoms with Crippen LogP contribution < -0.4 is 15.2 Å². The van der Waals surface area contributed by atoms with Crippen LogP contribution in [0.25, 0.3) is 0 Å². The second-order valence-corrected chi connectivity index (χ2v) is 4.39. The van der Waals surface area contributed by atoms with Gasteiger partial charge in [0.1, 0.15) is 24.7 Å². The highest BCUT2D eigenvalue weighted by Gasteiger charge is 2.20. The predicted molar refractivity (Wildman–Crippen MR) is 69.6 cm³/mol. The fraction of sp³-hybridized carbons (Fsp3) is 0.200. The summed E-state index contributed by atoms with van der Waals surface area (Å²) in [5.74, 6) is 1.65. The average Bonchev–Trinajstić information content (AvgIpc) is 2.79. The van der Waals surface area contributed by atoms with Crippen molar-refractivity contribution in [3.63, 3.8) is 0 Å². The van der Waals surface area contributed by atoms with Crippen molar-refractivity contribution in [2.75, 3.05) is 6.61 Å². The summed E-state index contributed by atoms with van der Waals surface area (Å²) in [6.07, 6.45) is 0. The number of hydrogen-bond donors (Lipinski definition) is 1. The van der Waals surface area contributed by atoms with Gasteiger partial charge in [0.2, 0.25) is 0 Å². The summed E-state index contributed by atoms with van der Waals surface area (Å²) >= 11 is 0. The first-order valence-electron chi connectivity index (χ1n) is 6.02. The summed E-state index contributed by atoms with van der Waals surface area (Å²) in [6.45, 7) is 1.11. The molecule has 3 heteroatoms. The highest BCUT2D eigenvalue weighted by atomic mass is 16.5. The molecule has 0 radical (unpaired) electrons. The van der Waals surface area contributed by atoms with Gasteiger partial charge in [0.25, 0.3) is 0 Å². The molecule has 1 aliphatic heterocycles. The van der Waals surface area contributed by atoms with Crippen molar-refractivity contribution in [3.8, 4) is 11.5 Å². The van der Waals surface area contributed by atoms with Gasteiger partial charge in [0, 0.05) is 11.6 Å². The SMILES string of the molecule is NC1COc2cc(OCc3ccccc3)ccc21. The Morgan fingerprint density at radius 1 is 1.17 bits per heavy atom. The number of benzene rings is 2. The van der Waals surface area contributed by atoms with E-state index in [2.05, 4.69) is 0 Å². The van der Waals surface area contributed by atoms with E-state index in [1.54, 1.807) is 0 Å². The van der Waals surface area contributed by atoms with Crippen LogP contribution in [0, 0.1) is 0 Å². The summed E-state index contributed by atoms with van der Waals surface area (Å²) in [6, 6.07) is 15.9. The van der Waals surface area contributed by atoms with E-state index in [0.717, 1.165) is 22.6 Å². The van der Waals surface area contributed by atoms with Crippen molar-refractivity contribution in [1.82, 2.24) is 0 Å². The molecule has 0 aliphatic carbocycles. The predicted octanol–water partition coefficient (Wildman–Crippen LogP) is 2.66. The van der Waals surface area contributed by atoms with Crippen LogP contribution in [-0.4, -0.2) is 6.61 Å². The van der Waals surface area contributed by atoms with Gasteiger partial charge in [0.15, 0.2) is 0 Å². The molecule has 1 atom stereocenters. The molecule has 92 valence electrons. The van der Waals surface area contributed by atoms with Gasteiger partial charge in [-0.15, -0.1) is 0 Å². The third-order valence-corrected chi connectivity index (χ3v) is 3.05. The molecule has 1 aliphatic rings. The number of fused-ring (bicyclic) bond motifs is 1. The Morgan fingerprint density at radius 3 is 2.83 bits per heavy atom. The Kier molecular flexibility index (Phi) is 2.90. The Hall–Kier alpha value is -2.00. The van der Waals surface area contributed by atoms with Crippen molar-refractivity contribution >= 4 is 0 Å². The summed E-state index contributed by atoms with van der Waals surface area (Å²) in [4.78, 5) is 0. The Morgan fingerprint density at radius 2 is 2.00 bits per heavy atom. The molecule has 2 N–H and O–H groups in total. The molecule has 0 aromatic heterocycles. The lowest BCUT2D eigenvalue weighted by molar-refractivity contribution is 0.301. The van der Waals surface area contributed by atoms with Crippen molar-refractivity contribution in [1.29, 1.82) is 0 Å². The second kappa shape index (κ2) is 4.70. The zero-order valence-electron chi connectivity index (χ0n) is 10.0. The highest BCUT2D eigenvalue weighted by molar-refractivity contribution is 5.44. The van der Waals surface area contributed by atoms with E-state index in [0.29, 0.717) is 13.2 Å². The maximum Gasteiger partial charge on any atom is 0.127 e. The number of rotatable bonds is 3. The second-order valence-electron chi connectivity index (χ2n) is 4.39. The summed E-state index contributed by atoms with van der Waals surface area (Å²) < 4.78 is 11.2. The molecule has 0 amide bonds. The molecule has 18 heavy (non-hydrogen) atoms. The van der Waals surface area contributed by atoms with E-state index in [4.69, 9.17) is 15.2 Å². The van der Waals surface area contributed by atoms with Crippen LogP contribution in [0.5, 0.6) is 11.5 Å². The highest BCUT2D eigenvalue weighted by Crippen LogP contribution is 2.34. The van der Waals surface area contributed by atoms with Crippen LogP contribution in [0.15, 0.2) is 48.5 Å². The van der Waals surface area contributed by atoms with E-state index in [1.807, 2.05) is 48.5 Å². The molecule has 0 bridgehead atoms. The van der Waals surface area contributed by atoms with E-state index < -0.39 is 0 Å². The molecule has 1 heterocycles. The monoisotopic (exact) mass is 241 g/mol. The maximum atomic E-state index is 5.90. The maximum absolute atomic E-state index is 5.90. The molecule has 3 nitrogen and oxygen atoms in total. The third-order valence-electron chi connectivity index (χ3n) is 3.05. The smallest absolute Gasteiger partial charge is 0.127 e.